The van der Waals surface area contributed by atoms with E-state index in [1.165, 1.54) is 22.6 Å². The zero-order valence-electron chi connectivity index (χ0n) is 12.1. The number of nitrogens with one attached hydrogen (secondary N) is 1. The molecular weight excluding hydrogens is 282 g/mol. The number of aryl methyl sites for hydroxylation is 1. The molecule has 0 spiro atoms. The van der Waals surface area contributed by atoms with E-state index in [0.717, 1.165) is 18.9 Å². The molecule has 2 aromatic rings. The second-order valence-corrected chi connectivity index (χ2v) is 6.64. The van der Waals surface area contributed by atoms with E-state index >= 15 is 0 Å². The van der Waals surface area contributed by atoms with Crippen LogP contribution in [0.25, 0.3) is 0 Å². The van der Waals surface area contributed by atoms with Gasteiger partial charge in [0, 0.05) is 29.0 Å². The van der Waals surface area contributed by atoms with Crippen LogP contribution in [0.2, 0.25) is 0 Å². The van der Waals surface area contributed by atoms with Gasteiger partial charge in [-0.3, -0.25) is 4.79 Å². The number of hydrogen-bond acceptors (Lipinski definition) is 4. The van der Waals surface area contributed by atoms with Crippen molar-refractivity contribution in [2.45, 2.75) is 26.3 Å². The van der Waals surface area contributed by atoms with Crippen molar-refractivity contribution in [2.24, 2.45) is 0 Å². The average molecular weight is 301 g/mol. The highest BCUT2D eigenvalue weighted by Gasteiger charge is 2.20. The first-order valence-corrected chi connectivity index (χ1v) is 8.09. The molecular formula is C16H19N3OS. The van der Waals surface area contributed by atoms with Crippen LogP contribution in [0.1, 0.15) is 33.0 Å². The van der Waals surface area contributed by atoms with Crippen molar-refractivity contribution in [1.29, 1.82) is 0 Å². The van der Waals surface area contributed by atoms with Gasteiger partial charge in [-0.15, -0.1) is 11.3 Å². The molecule has 0 saturated carbocycles. The maximum atomic E-state index is 12.4. The standard InChI is InChI=1S/C16H19N3OS/c1-12-6-7-13(21-12)11-18-16(20)14-5-4-8-17-15(14)19-9-2-3-10-19/h4-8H,2-3,9-11H2,1H3,(H,18,20). The molecule has 1 aliphatic rings. The summed E-state index contributed by atoms with van der Waals surface area (Å²) in [7, 11) is 0. The van der Waals surface area contributed by atoms with Gasteiger partial charge in [0.1, 0.15) is 5.82 Å². The van der Waals surface area contributed by atoms with Crippen molar-refractivity contribution in [2.75, 3.05) is 18.0 Å². The Morgan fingerprint density at radius 2 is 2.14 bits per heavy atom. The highest BCUT2D eigenvalue weighted by atomic mass is 32.1. The topological polar surface area (TPSA) is 45.2 Å². The number of hydrogen-bond donors (Lipinski definition) is 1. The molecule has 1 N–H and O–H groups in total. The van der Waals surface area contributed by atoms with E-state index in [0.29, 0.717) is 12.1 Å². The van der Waals surface area contributed by atoms with Gasteiger partial charge >= 0.3 is 0 Å². The fraction of sp³-hybridized carbons (Fsp3) is 0.375. The first-order valence-electron chi connectivity index (χ1n) is 7.27. The van der Waals surface area contributed by atoms with Gasteiger partial charge in [0.05, 0.1) is 12.1 Å². The van der Waals surface area contributed by atoms with Crippen LogP contribution in [0.15, 0.2) is 30.5 Å². The largest absolute Gasteiger partial charge is 0.356 e. The van der Waals surface area contributed by atoms with E-state index in [4.69, 9.17) is 0 Å². The molecule has 0 unspecified atom stereocenters. The Morgan fingerprint density at radius 1 is 1.33 bits per heavy atom. The molecule has 2 aromatic heterocycles. The lowest BCUT2D eigenvalue weighted by Crippen LogP contribution is -2.27. The fourth-order valence-corrected chi connectivity index (χ4v) is 3.43. The minimum atomic E-state index is -0.0453. The van der Waals surface area contributed by atoms with E-state index in [1.54, 1.807) is 17.5 Å². The number of thiophene rings is 1. The second-order valence-electron chi connectivity index (χ2n) is 5.26. The number of anilines is 1. The van der Waals surface area contributed by atoms with Crippen LogP contribution in [0, 0.1) is 6.92 Å². The lowest BCUT2D eigenvalue weighted by atomic mass is 10.2. The molecule has 1 aliphatic heterocycles. The molecule has 0 atom stereocenters. The Bertz CT molecular complexity index is 632. The Balaban J connectivity index is 1.72. The van der Waals surface area contributed by atoms with Gasteiger partial charge in [0.2, 0.25) is 0 Å². The first kappa shape index (κ1) is 14.1. The van der Waals surface area contributed by atoms with Crippen LogP contribution in [-0.2, 0) is 6.54 Å². The van der Waals surface area contributed by atoms with E-state index in [-0.39, 0.29) is 5.91 Å². The summed E-state index contributed by atoms with van der Waals surface area (Å²) in [6.45, 7) is 4.62. The Morgan fingerprint density at radius 3 is 2.86 bits per heavy atom. The van der Waals surface area contributed by atoms with Crippen molar-refractivity contribution in [3.8, 4) is 0 Å². The predicted octanol–water partition coefficient (Wildman–Crippen LogP) is 2.98. The predicted molar refractivity (Wildman–Crippen MR) is 85.9 cm³/mol. The summed E-state index contributed by atoms with van der Waals surface area (Å²) in [5.41, 5.74) is 0.674. The van der Waals surface area contributed by atoms with E-state index in [9.17, 15) is 4.79 Å². The number of nitrogens with zero attached hydrogens (tertiary/aromatic N) is 2. The molecule has 4 nitrogen and oxygen atoms in total. The average Bonchev–Trinajstić information content (AvgIpc) is 3.16. The summed E-state index contributed by atoms with van der Waals surface area (Å²) >= 11 is 1.71. The fourth-order valence-electron chi connectivity index (χ4n) is 2.60. The summed E-state index contributed by atoms with van der Waals surface area (Å²) in [4.78, 5) is 21.5. The minimum Gasteiger partial charge on any atom is -0.356 e. The summed E-state index contributed by atoms with van der Waals surface area (Å²) in [5, 5.41) is 3.00. The Labute approximate surface area is 128 Å². The van der Waals surface area contributed by atoms with Crippen molar-refractivity contribution in [3.05, 3.63) is 45.8 Å². The maximum Gasteiger partial charge on any atom is 0.255 e. The smallest absolute Gasteiger partial charge is 0.255 e. The van der Waals surface area contributed by atoms with Gasteiger partial charge in [-0.1, -0.05) is 0 Å². The van der Waals surface area contributed by atoms with Gasteiger partial charge < -0.3 is 10.2 Å². The highest BCUT2D eigenvalue weighted by Crippen LogP contribution is 2.22. The van der Waals surface area contributed by atoms with Gasteiger partial charge in [-0.25, -0.2) is 4.98 Å². The van der Waals surface area contributed by atoms with Gasteiger partial charge in [-0.2, -0.15) is 0 Å². The van der Waals surface area contributed by atoms with E-state index < -0.39 is 0 Å². The molecule has 1 saturated heterocycles. The molecule has 110 valence electrons. The van der Waals surface area contributed by atoms with Crippen LogP contribution in [0.4, 0.5) is 5.82 Å². The summed E-state index contributed by atoms with van der Waals surface area (Å²) < 4.78 is 0. The number of pyridine rings is 1. The number of rotatable bonds is 4. The third kappa shape index (κ3) is 3.24. The number of carbonyl (C=O) groups excluding carboxylic acids is 1. The lowest BCUT2D eigenvalue weighted by Gasteiger charge is -2.19. The Kier molecular flexibility index (Phi) is 4.20. The van der Waals surface area contributed by atoms with Crippen LogP contribution in [0.5, 0.6) is 0 Å². The molecule has 0 radical (unpaired) electrons. The van der Waals surface area contributed by atoms with Gasteiger partial charge in [-0.05, 0) is 44.0 Å². The third-order valence-electron chi connectivity index (χ3n) is 3.66. The van der Waals surface area contributed by atoms with E-state index in [1.807, 2.05) is 12.1 Å². The summed E-state index contributed by atoms with van der Waals surface area (Å²) in [5.74, 6) is 0.769. The SMILES string of the molecule is Cc1ccc(CNC(=O)c2cccnc2N2CCCC2)s1. The molecule has 3 heterocycles. The first-order chi connectivity index (χ1) is 10.2. The van der Waals surface area contributed by atoms with Crippen molar-refractivity contribution in [1.82, 2.24) is 10.3 Å². The van der Waals surface area contributed by atoms with E-state index in [2.05, 4.69) is 34.3 Å². The highest BCUT2D eigenvalue weighted by molar-refractivity contribution is 7.11. The van der Waals surface area contributed by atoms with Crippen molar-refractivity contribution >= 4 is 23.1 Å². The Hall–Kier alpha value is -1.88. The molecule has 5 heteroatoms. The normalized spacial score (nSPS) is 14.4. The van der Waals surface area contributed by atoms with Crippen LogP contribution in [-0.4, -0.2) is 24.0 Å². The number of carbonyl (C=O) groups is 1. The van der Waals surface area contributed by atoms with Gasteiger partial charge in [0.25, 0.3) is 5.91 Å². The number of aromatic nitrogens is 1. The van der Waals surface area contributed by atoms with Gasteiger partial charge in [0.15, 0.2) is 0 Å². The molecule has 3 rings (SSSR count). The summed E-state index contributed by atoms with van der Waals surface area (Å²) in [6, 6.07) is 7.82. The third-order valence-corrected chi connectivity index (χ3v) is 4.66. The molecule has 0 bridgehead atoms. The monoisotopic (exact) mass is 301 g/mol. The molecule has 0 aliphatic carbocycles. The molecule has 21 heavy (non-hydrogen) atoms. The number of amides is 1. The maximum absolute atomic E-state index is 12.4. The zero-order chi connectivity index (χ0) is 14.7. The lowest BCUT2D eigenvalue weighted by molar-refractivity contribution is 0.0951. The molecule has 1 amide bonds. The van der Waals surface area contributed by atoms with Crippen LogP contribution in [0.3, 0.4) is 0 Å². The molecule has 0 aromatic carbocycles. The quantitative estimate of drug-likeness (QED) is 0.944. The second kappa shape index (κ2) is 6.26. The minimum absolute atomic E-state index is 0.0453. The van der Waals surface area contributed by atoms with Crippen LogP contribution < -0.4 is 10.2 Å². The van der Waals surface area contributed by atoms with Crippen molar-refractivity contribution in [3.63, 3.8) is 0 Å². The van der Waals surface area contributed by atoms with Crippen molar-refractivity contribution < 1.29 is 4.79 Å². The molecule has 1 fully saturated rings. The summed E-state index contributed by atoms with van der Waals surface area (Å²) in [6.07, 6.45) is 4.10. The van der Waals surface area contributed by atoms with Crippen LogP contribution >= 0.6 is 11.3 Å². The zero-order valence-corrected chi connectivity index (χ0v) is 12.9.